The van der Waals surface area contributed by atoms with Crippen molar-refractivity contribution >= 4 is 0 Å². The van der Waals surface area contributed by atoms with Crippen LogP contribution in [-0.2, 0) is 0 Å². The summed E-state index contributed by atoms with van der Waals surface area (Å²) in [6.45, 7) is 0. The second-order valence-electron chi connectivity index (χ2n) is 0.224. The molecule has 0 saturated carbocycles. The first-order valence-corrected chi connectivity index (χ1v) is 0.548. The van der Waals surface area contributed by atoms with Gasteiger partial charge in [0.1, 0.15) is 0 Å². The molecule has 4 N–H and O–H groups in total. The minimum absolute atomic E-state index is 0. The summed E-state index contributed by atoms with van der Waals surface area (Å²) >= 11 is 0. The zero-order valence-electron chi connectivity index (χ0n) is 4.25. The summed E-state index contributed by atoms with van der Waals surface area (Å²) in [4.78, 5) is 8.25. The molecule has 40 valence electrons. The van der Waals surface area contributed by atoms with E-state index in [9.17, 15) is 0 Å². The Labute approximate surface area is 116 Å². The maximum atomic E-state index is 8.25. The molecule has 0 aliphatic heterocycles. The molecule has 0 atom stereocenters. The standard InChI is InChI=1S/K.La.NO3.2H2O/c;;2-1(3)4;;/h;;;2*1H2/q+1;+3;-1;;. The Morgan fingerprint density at radius 1 is 1.12 bits per heavy atom. The zero-order valence-corrected chi connectivity index (χ0v) is 11.0. The van der Waals surface area contributed by atoms with Crippen LogP contribution in [0.15, 0.2) is 0 Å². The first-order chi connectivity index (χ1) is 1.73. The first kappa shape index (κ1) is 32.5. The molecule has 8 heavy (non-hydrogen) atoms. The number of nitrogens with zero attached hydrogens (tertiary/aromatic N) is 1. The maximum absolute atomic E-state index is 8.25. The Bertz CT molecular complexity index is 35.4. The summed E-state index contributed by atoms with van der Waals surface area (Å²) in [5.41, 5.74) is 0. The number of hydrogen-bond acceptors (Lipinski definition) is 3. The van der Waals surface area contributed by atoms with Gasteiger partial charge in [-0.2, -0.15) is 0 Å². The predicted octanol–water partition coefficient (Wildman–Crippen LogP) is -4.88. The molecule has 0 aromatic heterocycles. The van der Waals surface area contributed by atoms with Crippen molar-refractivity contribution < 1.29 is 103 Å². The van der Waals surface area contributed by atoms with Crippen LogP contribution in [0.2, 0.25) is 0 Å². The predicted molar refractivity (Wildman–Crippen MR) is 17.6 cm³/mol. The first-order valence-electron chi connectivity index (χ1n) is 0.548. The van der Waals surface area contributed by atoms with Crippen LogP contribution in [0, 0.1) is 50.9 Å². The van der Waals surface area contributed by atoms with Crippen LogP contribution in [0.1, 0.15) is 0 Å². The van der Waals surface area contributed by atoms with Gasteiger partial charge in [0, 0.05) is 0 Å². The van der Waals surface area contributed by atoms with E-state index in [1.807, 2.05) is 0 Å². The summed E-state index contributed by atoms with van der Waals surface area (Å²) in [6, 6.07) is 0. The van der Waals surface area contributed by atoms with Crippen LogP contribution >= 0.6 is 0 Å². The molecule has 0 aliphatic rings. The Hall–Kier alpha value is 1.95. The van der Waals surface area contributed by atoms with Gasteiger partial charge in [-0.05, 0) is 0 Å². The molecule has 6 nitrogen and oxygen atoms in total. The van der Waals surface area contributed by atoms with E-state index in [1.165, 1.54) is 0 Å². The van der Waals surface area contributed by atoms with Crippen LogP contribution in [0.3, 0.4) is 0 Å². The van der Waals surface area contributed by atoms with Crippen molar-refractivity contribution in [2.24, 2.45) is 0 Å². The van der Waals surface area contributed by atoms with Crippen molar-refractivity contribution in [3.63, 3.8) is 0 Å². The van der Waals surface area contributed by atoms with Gasteiger partial charge in [-0.1, -0.05) is 0 Å². The normalized spacial score (nSPS) is 3.00. The summed E-state index contributed by atoms with van der Waals surface area (Å²) < 4.78 is 0. The molecule has 0 radical (unpaired) electrons. The van der Waals surface area contributed by atoms with Gasteiger partial charge in [-0.25, -0.2) is 0 Å². The van der Waals surface area contributed by atoms with Gasteiger partial charge < -0.3 is 26.3 Å². The average Bonchev–Trinajstić information content (AvgIpc) is 0.811. The number of hydrogen-bond donors (Lipinski definition) is 0. The minimum Gasteiger partial charge on any atom is -0.412 e. The molecule has 0 amide bonds. The summed E-state index contributed by atoms with van der Waals surface area (Å²) in [5.74, 6) is 0. The fourth-order valence-electron chi connectivity index (χ4n) is 0. The summed E-state index contributed by atoms with van der Waals surface area (Å²) in [7, 11) is 0. The molecular formula is H4KLaNO5+3. The third kappa shape index (κ3) is 101. The second kappa shape index (κ2) is 23.1. The van der Waals surface area contributed by atoms with Crippen LogP contribution < -0.4 is 51.4 Å². The molecule has 0 aliphatic carbocycles. The van der Waals surface area contributed by atoms with Crippen molar-refractivity contribution in [2.45, 2.75) is 0 Å². The Morgan fingerprint density at radius 2 is 1.12 bits per heavy atom. The van der Waals surface area contributed by atoms with Gasteiger partial charge in [-0.3, -0.25) is 0 Å². The Kier molecular flexibility index (Phi) is 93.9. The average molecular weight is 276 g/mol. The van der Waals surface area contributed by atoms with Gasteiger partial charge in [0.05, 0.1) is 5.09 Å². The fourth-order valence-corrected chi connectivity index (χ4v) is 0. The minimum atomic E-state index is -1.75. The summed E-state index contributed by atoms with van der Waals surface area (Å²) in [6.07, 6.45) is 0. The van der Waals surface area contributed by atoms with E-state index < -0.39 is 5.09 Å². The van der Waals surface area contributed by atoms with Gasteiger partial charge in [0.25, 0.3) is 0 Å². The van der Waals surface area contributed by atoms with Crippen LogP contribution in [0.25, 0.3) is 0 Å². The molecular weight excluding hydrogens is 272 g/mol. The van der Waals surface area contributed by atoms with Crippen LogP contribution in [0.5, 0.6) is 0 Å². The largest absolute Gasteiger partial charge is 3.00 e. The van der Waals surface area contributed by atoms with Gasteiger partial charge in [-0.15, -0.1) is 0 Å². The fraction of sp³-hybridized carbons (Fsp3) is 0. The molecule has 0 fully saturated rings. The molecule has 0 aromatic rings. The van der Waals surface area contributed by atoms with E-state index in [4.69, 9.17) is 15.3 Å². The van der Waals surface area contributed by atoms with Gasteiger partial charge in [0.2, 0.25) is 0 Å². The zero-order chi connectivity index (χ0) is 3.58. The summed E-state index contributed by atoms with van der Waals surface area (Å²) in [5, 5.41) is 14.8. The van der Waals surface area contributed by atoms with E-state index in [0.29, 0.717) is 0 Å². The van der Waals surface area contributed by atoms with E-state index >= 15 is 0 Å². The molecule has 0 spiro atoms. The topological polar surface area (TPSA) is 129 Å². The van der Waals surface area contributed by atoms with Crippen LogP contribution in [0.4, 0.5) is 0 Å². The third-order valence-electron chi connectivity index (χ3n) is 0. The molecule has 0 saturated heterocycles. The molecule has 0 rings (SSSR count). The second-order valence-corrected chi connectivity index (χ2v) is 0.224. The van der Waals surface area contributed by atoms with Crippen molar-refractivity contribution in [3.8, 4) is 0 Å². The quantitative estimate of drug-likeness (QED) is 0.250. The molecule has 0 heterocycles. The molecule has 8 heteroatoms. The molecule has 0 bridgehead atoms. The SMILES string of the molecule is O.O.O=[N+]([O-])[O-].[K+].[La+3]. The Morgan fingerprint density at radius 3 is 1.12 bits per heavy atom. The maximum Gasteiger partial charge on any atom is 3.00 e. The molecule has 0 aromatic carbocycles. The smallest absolute Gasteiger partial charge is 0.412 e. The Balaban J connectivity index is -0.00000000750. The van der Waals surface area contributed by atoms with Crippen molar-refractivity contribution in [1.29, 1.82) is 0 Å². The van der Waals surface area contributed by atoms with E-state index in [0.717, 1.165) is 0 Å². The third-order valence-corrected chi connectivity index (χ3v) is 0. The van der Waals surface area contributed by atoms with Gasteiger partial charge in [0.15, 0.2) is 0 Å². The molecule has 0 unspecified atom stereocenters. The van der Waals surface area contributed by atoms with Crippen molar-refractivity contribution in [2.75, 3.05) is 0 Å². The van der Waals surface area contributed by atoms with Crippen molar-refractivity contribution in [1.82, 2.24) is 0 Å². The van der Waals surface area contributed by atoms with Crippen molar-refractivity contribution in [3.05, 3.63) is 15.3 Å². The van der Waals surface area contributed by atoms with Gasteiger partial charge >= 0.3 is 87.0 Å². The monoisotopic (exact) mass is 276 g/mol. The number of rotatable bonds is 0. The van der Waals surface area contributed by atoms with Crippen LogP contribution in [-0.4, -0.2) is 16.0 Å². The van der Waals surface area contributed by atoms with E-state index in [-0.39, 0.29) is 97.9 Å². The van der Waals surface area contributed by atoms with E-state index in [1.54, 1.807) is 0 Å². The van der Waals surface area contributed by atoms with E-state index in [2.05, 4.69) is 0 Å².